The molecule has 0 unspecified atom stereocenters. The fourth-order valence-corrected chi connectivity index (χ4v) is 5.31. The summed E-state index contributed by atoms with van der Waals surface area (Å²) in [6.07, 6.45) is 0. The normalized spacial score (nSPS) is 12.1. The maximum Gasteiger partial charge on any atom is 0.132 e. The number of hydrogen-bond donors (Lipinski definition) is 1. The first-order valence-corrected chi connectivity index (χ1v) is 13.3. The van der Waals surface area contributed by atoms with Crippen LogP contribution in [0.3, 0.4) is 0 Å². The molecule has 1 N–H and O–H groups in total. The first kappa shape index (κ1) is 25.0. The molecule has 0 atom stereocenters. The van der Waals surface area contributed by atoms with Crippen molar-refractivity contribution in [1.82, 2.24) is 9.97 Å². The molecule has 5 rings (SSSR count). The summed E-state index contributed by atoms with van der Waals surface area (Å²) >= 11 is 0. The summed E-state index contributed by atoms with van der Waals surface area (Å²) in [4.78, 5) is 9.89. The van der Waals surface area contributed by atoms with Gasteiger partial charge in [-0.05, 0) is 81.5 Å². The molecule has 0 aliphatic rings. The lowest BCUT2D eigenvalue weighted by atomic mass is 9.84. The minimum absolute atomic E-state index is 0.0668. The van der Waals surface area contributed by atoms with E-state index in [-0.39, 0.29) is 5.41 Å². The first-order valence-electron chi connectivity index (χ1n) is 13.3. The van der Waals surface area contributed by atoms with E-state index in [1.165, 1.54) is 38.6 Å². The number of anilines is 2. The number of nitrogens with zero attached hydrogens (tertiary/aromatic N) is 2. The Hall–Kier alpha value is -3.72. The summed E-state index contributed by atoms with van der Waals surface area (Å²) < 4.78 is 0. The average molecular weight is 488 g/mol. The number of aromatic nitrogens is 2. The number of fused-ring (bicyclic) bond motifs is 2. The van der Waals surface area contributed by atoms with Gasteiger partial charge >= 0.3 is 0 Å². The van der Waals surface area contributed by atoms with Crippen LogP contribution in [0.15, 0.2) is 78.9 Å². The van der Waals surface area contributed by atoms with Crippen LogP contribution >= 0.6 is 0 Å². The number of rotatable bonds is 5. The second-order valence-electron chi connectivity index (χ2n) is 11.6. The molecular weight excluding hydrogens is 450 g/mol. The van der Waals surface area contributed by atoms with Crippen LogP contribution in [0, 0.1) is 0 Å². The third kappa shape index (κ3) is 4.83. The second kappa shape index (κ2) is 9.63. The molecule has 3 heteroatoms. The average Bonchev–Trinajstić information content (AvgIpc) is 2.86. The van der Waals surface area contributed by atoms with Crippen molar-refractivity contribution in [2.24, 2.45) is 0 Å². The summed E-state index contributed by atoms with van der Waals surface area (Å²) in [5.41, 5.74) is 8.72. The van der Waals surface area contributed by atoms with Gasteiger partial charge in [-0.15, -0.1) is 0 Å². The molecule has 3 aromatic carbocycles. The molecule has 0 fully saturated rings. The topological polar surface area (TPSA) is 37.8 Å². The van der Waals surface area contributed by atoms with Gasteiger partial charge in [0.1, 0.15) is 11.6 Å². The molecule has 188 valence electrons. The molecule has 0 aliphatic carbocycles. The van der Waals surface area contributed by atoms with Crippen LogP contribution in [0.4, 0.5) is 11.6 Å². The Kier molecular flexibility index (Phi) is 6.49. The van der Waals surface area contributed by atoms with Crippen molar-refractivity contribution in [2.45, 2.75) is 65.7 Å². The minimum Gasteiger partial charge on any atom is -0.325 e. The molecule has 37 heavy (non-hydrogen) atoms. The van der Waals surface area contributed by atoms with Crippen LogP contribution in [-0.2, 0) is 5.41 Å². The fourth-order valence-electron chi connectivity index (χ4n) is 5.31. The van der Waals surface area contributed by atoms with E-state index in [0.29, 0.717) is 11.8 Å². The Morgan fingerprint density at radius 3 is 1.68 bits per heavy atom. The molecule has 0 bridgehead atoms. The van der Waals surface area contributed by atoms with E-state index in [2.05, 4.69) is 127 Å². The van der Waals surface area contributed by atoms with Crippen LogP contribution in [0.2, 0.25) is 0 Å². The van der Waals surface area contributed by atoms with Crippen molar-refractivity contribution in [3.63, 3.8) is 0 Å². The van der Waals surface area contributed by atoms with Crippen LogP contribution in [0.1, 0.15) is 77.0 Å². The molecule has 0 spiro atoms. The van der Waals surface area contributed by atoms with Gasteiger partial charge in [-0.3, -0.25) is 0 Å². The van der Waals surface area contributed by atoms with Gasteiger partial charge in [-0.25, -0.2) is 9.97 Å². The zero-order valence-corrected chi connectivity index (χ0v) is 23.1. The lowest BCUT2D eigenvalue weighted by molar-refractivity contribution is 0.596. The third-order valence-corrected chi connectivity index (χ3v) is 7.17. The highest BCUT2D eigenvalue weighted by atomic mass is 15.1. The smallest absolute Gasteiger partial charge is 0.132 e. The van der Waals surface area contributed by atoms with Crippen molar-refractivity contribution in [3.8, 4) is 11.1 Å². The van der Waals surface area contributed by atoms with Gasteiger partial charge < -0.3 is 5.32 Å². The lowest BCUT2D eigenvalue weighted by Gasteiger charge is -2.21. The van der Waals surface area contributed by atoms with Crippen LogP contribution in [-0.4, -0.2) is 9.97 Å². The van der Waals surface area contributed by atoms with Gasteiger partial charge in [0.2, 0.25) is 0 Å². The van der Waals surface area contributed by atoms with Crippen molar-refractivity contribution < 1.29 is 0 Å². The Bertz CT molecular complexity index is 1560. The third-order valence-electron chi connectivity index (χ3n) is 7.17. The Morgan fingerprint density at radius 1 is 0.595 bits per heavy atom. The van der Waals surface area contributed by atoms with Gasteiger partial charge in [-0.1, -0.05) is 90.9 Å². The number of pyridine rings is 2. The molecule has 0 saturated carbocycles. The van der Waals surface area contributed by atoms with Crippen LogP contribution in [0.25, 0.3) is 32.9 Å². The number of nitrogens with one attached hydrogen (secondary N) is 1. The molecule has 2 heterocycles. The molecular formula is C34H37N3. The molecule has 0 amide bonds. The SMILES string of the molecule is CC(C)c1cccc(C(C)C)c1-c1cccc2nc(Nc3ccc4c(C(C)(C)C)cccc4n3)ccc12. The Morgan fingerprint density at radius 2 is 1.11 bits per heavy atom. The minimum atomic E-state index is 0.0668. The molecule has 2 aromatic heterocycles. The summed E-state index contributed by atoms with van der Waals surface area (Å²) in [5.74, 6) is 2.48. The molecule has 0 radical (unpaired) electrons. The summed E-state index contributed by atoms with van der Waals surface area (Å²) in [5, 5.41) is 5.81. The molecule has 3 nitrogen and oxygen atoms in total. The second-order valence-corrected chi connectivity index (χ2v) is 11.6. The van der Waals surface area contributed by atoms with Crippen LogP contribution in [0.5, 0.6) is 0 Å². The fraction of sp³-hybridized carbons (Fsp3) is 0.294. The number of hydrogen-bond acceptors (Lipinski definition) is 3. The Balaban J connectivity index is 1.55. The lowest BCUT2D eigenvalue weighted by Crippen LogP contribution is -2.11. The van der Waals surface area contributed by atoms with Gasteiger partial charge in [0.25, 0.3) is 0 Å². The van der Waals surface area contributed by atoms with E-state index in [1.54, 1.807) is 0 Å². The van der Waals surface area contributed by atoms with Crippen molar-refractivity contribution in [2.75, 3.05) is 5.32 Å². The van der Waals surface area contributed by atoms with E-state index < -0.39 is 0 Å². The summed E-state index contributed by atoms with van der Waals surface area (Å²) in [7, 11) is 0. The highest BCUT2D eigenvalue weighted by Crippen LogP contribution is 2.39. The maximum atomic E-state index is 4.99. The van der Waals surface area contributed by atoms with Crippen molar-refractivity contribution in [1.29, 1.82) is 0 Å². The van der Waals surface area contributed by atoms with E-state index in [0.717, 1.165) is 22.7 Å². The molecule has 0 saturated heterocycles. The highest BCUT2D eigenvalue weighted by molar-refractivity contribution is 5.97. The number of benzene rings is 3. The van der Waals surface area contributed by atoms with Gasteiger partial charge in [0, 0.05) is 10.8 Å². The van der Waals surface area contributed by atoms with E-state index in [9.17, 15) is 0 Å². The van der Waals surface area contributed by atoms with E-state index in [1.807, 2.05) is 6.07 Å². The summed E-state index contributed by atoms with van der Waals surface area (Å²) in [6.45, 7) is 15.8. The Labute approximate surface area is 221 Å². The monoisotopic (exact) mass is 487 g/mol. The van der Waals surface area contributed by atoms with Crippen LogP contribution < -0.4 is 5.32 Å². The predicted octanol–water partition coefficient (Wildman–Crippen LogP) is 9.74. The van der Waals surface area contributed by atoms with Gasteiger partial charge in [0.05, 0.1) is 11.0 Å². The highest BCUT2D eigenvalue weighted by Gasteiger charge is 2.19. The molecule has 0 aliphatic heterocycles. The zero-order valence-electron chi connectivity index (χ0n) is 23.1. The van der Waals surface area contributed by atoms with E-state index >= 15 is 0 Å². The standard InChI is InChI=1S/C34H37N3/c1-21(2)23-11-8-12-24(22(3)4)33(23)26-13-9-15-29-25(26)17-19-31(35-29)37-32-20-18-27-28(34(5,6)7)14-10-16-30(27)36-32/h8-22H,1-7H3,(H,35,36,37). The zero-order chi connectivity index (χ0) is 26.3. The first-order chi connectivity index (χ1) is 17.6. The quantitative estimate of drug-likeness (QED) is 0.268. The summed E-state index contributed by atoms with van der Waals surface area (Å²) in [6, 6.07) is 28.0. The predicted molar refractivity (Wildman–Crippen MR) is 159 cm³/mol. The van der Waals surface area contributed by atoms with Crippen molar-refractivity contribution >= 4 is 33.4 Å². The largest absolute Gasteiger partial charge is 0.325 e. The van der Waals surface area contributed by atoms with E-state index in [4.69, 9.17) is 9.97 Å². The molecule has 5 aromatic rings. The maximum absolute atomic E-state index is 4.99. The van der Waals surface area contributed by atoms with Gasteiger partial charge in [0.15, 0.2) is 0 Å². The van der Waals surface area contributed by atoms with Crippen molar-refractivity contribution in [3.05, 3.63) is 95.6 Å². The van der Waals surface area contributed by atoms with Gasteiger partial charge in [-0.2, -0.15) is 0 Å².